The van der Waals surface area contributed by atoms with E-state index >= 15 is 0 Å². The Kier molecular flexibility index (Phi) is 6.70. The van der Waals surface area contributed by atoms with E-state index in [9.17, 15) is 4.79 Å². The van der Waals surface area contributed by atoms with Crippen LogP contribution in [0, 0.1) is 13.8 Å². The van der Waals surface area contributed by atoms with Crippen molar-refractivity contribution >= 4 is 44.2 Å². The number of rotatable bonds is 7. The maximum absolute atomic E-state index is 13.4. The van der Waals surface area contributed by atoms with Crippen LogP contribution in [-0.4, -0.2) is 42.0 Å². The van der Waals surface area contributed by atoms with Crippen LogP contribution in [0.2, 0.25) is 5.02 Å². The van der Waals surface area contributed by atoms with Gasteiger partial charge in [-0.25, -0.2) is 4.98 Å². The van der Waals surface area contributed by atoms with Crippen molar-refractivity contribution in [3.05, 3.63) is 58.1 Å². The third-order valence-electron chi connectivity index (χ3n) is 5.12. The number of hydrogen-bond acceptors (Lipinski definition) is 4. The van der Waals surface area contributed by atoms with E-state index in [0.29, 0.717) is 22.3 Å². The van der Waals surface area contributed by atoms with Crippen molar-refractivity contribution in [2.75, 3.05) is 31.1 Å². The van der Waals surface area contributed by atoms with Crippen molar-refractivity contribution in [2.24, 2.45) is 0 Å². The fraction of sp³-hybridized carbons (Fsp3) is 0.364. The average Bonchev–Trinajstić information content (AvgIpc) is 3.12. The average molecular weight is 416 g/mol. The molecule has 0 atom stereocenters. The molecule has 1 aromatic heterocycles. The third-order valence-corrected chi connectivity index (χ3v) is 6.47. The van der Waals surface area contributed by atoms with Gasteiger partial charge in [0, 0.05) is 18.7 Å². The standard InChI is InChI=1S/C22H26ClN3OS/c1-5-25(6-2)12-13-26(21(27)17-11-10-15(3)16(4)14-17)22-24-20-18(23)8-7-9-19(20)28-22/h7-11,14H,5-6,12-13H2,1-4H3. The summed E-state index contributed by atoms with van der Waals surface area (Å²) >= 11 is 7.82. The first kappa shape index (κ1) is 20.8. The van der Waals surface area contributed by atoms with Gasteiger partial charge < -0.3 is 4.90 Å². The van der Waals surface area contributed by atoms with Crippen LogP contribution in [-0.2, 0) is 0 Å². The fourth-order valence-electron chi connectivity index (χ4n) is 3.11. The molecule has 0 bridgehead atoms. The van der Waals surface area contributed by atoms with Crippen LogP contribution in [0.3, 0.4) is 0 Å². The first-order valence-corrected chi connectivity index (χ1v) is 10.8. The van der Waals surface area contributed by atoms with Gasteiger partial charge in [-0.15, -0.1) is 0 Å². The fourth-order valence-corrected chi connectivity index (χ4v) is 4.40. The number of nitrogens with zero attached hydrogens (tertiary/aromatic N) is 3. The van der Waals surface area contributed by atoms with Gasteiger partial charge in [0.1, 0.15) is 5.52 Å². The number of likely N-dealkylation sites (N-methyl/N-ethyl adjacent to an activating group) is 1. The third kappa shape index (κ3) is 4.37. The minimum Gasteiger partial charge on any atom is -0.302 e. The topological polar surface area (TPSA) is 36.4 Å². The van der Waals surface area contributed by atoms with Gasteiger partial charge in [-0.1, -0.05) is 48.9 Å². The molecule has 0 spiro atoms. The minimum atomic E-state index is -0.0227. The zero-order chi connectivity index (χ0) is 20.3. The molecule has 3 aromatic rings. The van der Waals surface area contributed by atoms with Crippen molar-refractivity contribution in [1.29, 1.82) is 0 Å². The monoisotopic (exact) mass is 415 g/mol. The van der Waals surface area contributed by atoms with E-state index in [0.717, 1.165) is 35.4 Å². The SMILES string of the molecule is CCN(CC)CCN(C(=O)c1ccc(C)c(C)c1)c1nc2c(Cl)cccc2s1. The molecular formula is C22H26ClN3OS. The Labute approximate surface area is 175 Å². The Morgan fingerprint density at radius 3 is 2.46 bits per heavy atom. The summed E-state index contributed by atoms with van der Waals surface area (Å²) in [5, 5.41) is 1.31. The predicted octanol–water partition coefficient (Wildman–Crippen LogP) is 5.56. The van der Waals surface area contributed by atoms with Gasteiger partial charge in [0.15, 0.2) is 5.13 Å². The summed E-state index contributed by atoms with van der Waals surface area (Å²) in [6.45, 7) is 11.6. The van der Waals surface area contributed by atoms with Gasteiger partial charge >= 0.3 is 0 Å². The molecule has 0 N–H and O–H groups in total. The number of carbonyl (C=O) groups excluding carboxylic acids is 1. The Morgan fingerprint density at radius 1 is 1.07 bits per heavy atom. The van der Waals surface area contributed by atoms with Crippen LogP contribution in [0.4, 0.5) is 5.13 Å². The molecule has 3 rings (SSSR count). The number of thiazole rings is 1. The lowest BCUT2D eigenvalue weighted by atomic mass is 10.1. The Morgan fingerprint density at radius 2 is 1.82 bits per heavy atom. The van der Waals surface area contributed by atoms with E-state index in [1.807, 2.05) is 43.3 Å². The molecule has 28 heavy (non-hydrogen) atoms. The molecule has 1 amide bonds. The number of anilines is 1. The summed E-state index contributed by atoms with van der Waals surface area (Å²) < 4.78 is 0.989. The molecule has 0 unspecified atom stereocenters. The van der Waals surface area contributed by atoms with Gasteiger partial charge in [-0.2, -0.15) is 0 Å². The number of hydrogen-bond donors (Lipinski definition) is 0. The quantitative estimate of drug-likeness (QED) is 0.507. The summed E-state index contributed by atoms with van der Waals surface area (Å²) in [4.78, 5) is 22.2. The number of benzene rings is 2. The largest absolute Gasteiger partial charge is 0.302 e. The molecule has 0 fully saturated rings. The van der Waals surface area contributed by atoms with Gasteiger partial charge in [0.25, 0.3) is 5.91 Å². The van der Waals surface area contributed by atoms with Crippen LogP contribution >= 0.6 is 22.9 Å². The zero-order valence-electron chi connectivity index (χ0n) is 16.8. The van der Waals surface area contributed by atoms with Crippen LogP contribution < -0.4 is 4.90 Å². The van der Waals surface area contributed by atoms with Crippen molar-refractivity contribution in [3.63, 3.8) is 0 Å². The number of carbonyl (C=O) groups is 1. The maximum Gasteiger partial charge on any atom is 0.260 e. The Bertz CT molecular complexity index is 981. The molecule has 6 heteroatoms. The van der Waals surface area contributed by atoms with Gasteiger partial charge in [-0.3, -0.25) is 9.69 Å². The number of aryl methyl sites for hydroxylation is 2. The second kappa shape index (κ2) is 9.03. The second-order valence-corrected chi connectivity index (χ2v) is 8.28. The minimum absolute atomic E-state index is 0.0227. The summed E-state index contributed by atoms with van der Waals surface area (Å²) in [7, 11) is 0. The lowest BCUT2D eigenvalue weighted by molar-refractivity contribution is 0.0983. The number of para-hydroxylation sites is 1. The van der Waals surface area contributed by atoms with Crippen LogP contribution in [0.15, 0.2) is 36.4 Å². The smallest absolute Gasteiger partial charge is 0.260 e. The second-order valence-electron chi connectivity index (χ2n) is 6.87. The molecule has 148 valence electrons. The predicted molar refractivity (Wildman–Crippen MR) is 120 cm³/mol. The number of fused-ring (bicyclic) bond motifs is 1. The Hall–Kier alpha value is -1.95. The normalized spacial score (nSPS) is 11.4. The molecule has 2 aromatic carbocycles. The van der Waals surface area contributed by atoms with Crippen molar-refractivity contribution in [1.82, 2.24) is 9.88 Å². The summed E-state index contributed by atoms with van der Waals surface area (Å²) in [6, 6.07) is 11.6. The molecule has 0 aliphatic rings. The van der Waals surface area contributed by atoms with E-state index in [1.54, 1.807) is 4.90 Å². The highest BCUT2D eigenvalue weighted by Gasteiger charge is 2.22. The highest BCUT2D eigenvalue weighted by Crippen LogP contribution is 2.33. The molecule has 0 aliphatic heterocycles. The van der Waals surface area contributed by atoms with Gasteiger partial charge in [0.2, 0.25) is 0 Å². The number of halogens is 1. The van der Waals surface area contributed by atoms with E-state index in [-0.39, 0.29) is 5.91 Å². The summed E-state index contributed by atoms with van der Waals surface area (Å²) in [5.74, 6) is -0.0227. The molecular weight excluding hydrogens is 390 g/mol. The highest BCUT2D eigenvalue weighted by atomic mass is 35.5. The zero-order valence-corrected chi connectivity index (χ0v) is 18.4. The van der Waals surface area contributed by atoms with Gasteiger partial charge in [-0.05, 0) is 62.3 Å². The molecule has 0 saturated heterocycles. The van der Waals surface area contributed by atoms with E-state index in [2.05, 4.69) is 25.7 Å². The first-order valence-electron chi connectivity index (χ1n) is 9.61. The van der Waals surface area contributed by atoms with Crippen molar-refractivity contribution in [2.45, 2.75) is 27.7 Å². The molecule has 0 radical (unpaired) electrons. The first-order chi connectivity index (χ1) is 13.4. The molecule has 4 nitrogen and oxygen atoms in total. The maximum atomic E-state index is 13.4. The highest BCUT2D eigenvalue weighted by molar-refractivity contribution is 7.22. The lowest BCUT2D eigenvalue weighted by Gasteiger charge is -2.25. The Balaban J connectivity index is 1.98. The van der Waals surface area contributed by atoms with Crippen molar-refractivity contribution in [3.8, 4) is 0 Å². The molecule has 1 heterocycles. The lowest BCUT2D eigenvalue weighted by Crippen LogP contribution is -2.38. The van der Waals surface area contributed by atoms with Gasteiger partial charge in [0.05, 0.1) is 9.72 Å². The number of aromatic nitrogens is 1. The van der Waals surface area contributed by atoms with Crippen molar-refractivity contribution < 1.29 is 4.79 Å². The molecule has 0 saturated carbocycles. The van der Waals surface area contributed by atoms with E-state index < -0.39 is 0 Å². The van der Waals surface area contributed by atoms with Crippen LogP contribution in [0.25, 0.3) is 10.2 Å². The molecule has 0 aliphatic carbocycles. The van der Waals surface area contributed by atoms with Crippen LogP contribution in [0.1, 0.15) is 35.3 Å². The van der Waals surface area contributed by atoms with E-state index in [4.69, 9.17) is 16.6 Å². The number of amides is 1. The summed E-state index contributed by atoms with van der Waals surface area (Å²) in [5.41, 5.74) is 3.73. The summed E-state index contributed by atoms with van der Waals surface area (Å²) in [6.07, 6.45) is 0. The van der Waals surface area contributed by atoms with E-state index in [1.165, 1.54) is 16.9 Å². The van der Waals surface area contributed by atoms with Crippen LogP contribution in [0.5, 0.6) is 0 Å².